The lowest BCUT2D eigenvalue weighted by atomic mass is 9.88. The zero-order valence-electron chi connectivity index (χ0n) is 16.1. The maximum atomic E-state index is 14.3. The van der Waals surface area contributed by atoms with Gasteiger partial charge in [-0.05, 0) is 66.6 Å². The molecule has 0 atom stereocenters. The molecule has 5 heteroatoms. The fraction of sp³-hybridized carbons (Fsp3) is 0.381. The minimum absolute atomic E-state index is 0. The number of benzene rings is 2. The van der Waals surface area contributed by atoms with Crippen LogP contribution < -0.4 is 5.32 Å². The number of ether oxygens (including phenoxy) is 1. The summed E-state index contributed by atoms with van der Waals surface area (Å²) in [5.74, 6) is -0.474. The molecule has 0 heterocycles. The first kappa shape index (κ1) is 20.2. The molecule has 0 unspecified atom stereocenters. The Bertz CT molecular complexity index is 894. The second kappa shape index (κ2) is 8.09. The predicted octanol–water partition coefficient (Wildman–Crippen LogP) is 11.4. The van der Waals surface area contributed by atoms with Crippen molar-refractivity contribution in [3.63, 3.8) is 0 Å². The number of halogens is 2. The molecule has 2 rings (SSSR count). The third-order valence-electron chi connectivity index (χ3n) is 4.64. The Kier molecular flexibility index (Phi) is 6.30. The van der Waals surface area contributed by atoms with Gasteiger partial charge < -0.3 is 10.1 Å². The molecule has 0 aliphatic carbocycles. The summed E-state index contributed by atoms with van der Waals surface area (Å²) < 4.78 is 19.2. The van der Waals surface area contributed by atoms with Gasteiger partial charge in [0.15, 0.2) is 0 Å². The van der Waals surface area contributed by atoms with Crippen LogP contribution in [0, 0.1) is 26.6 Å². The molecule has 184 valence electrons. The van der Waals surface area contributed by atoms with E-state index in [-0.39, 0.29) is 49.5 Å². The number of nitrogens with one attached hydrogen (secondary N) is 1. The highest BCUT2D eigenvalue weighted by molar-refractivity contribution is 6.34. The molecule has 0 spiro atoms. The quantitative estimate of drug-likeness (QED) is 0.487. The predicted molar refractivity (Wildman–Crippen MR) is 152 cm³/mol. The number of carbonyl (C=O) groups is 1. The number of carbonyl (C=O) groups excluding carboxylic acids is 1. The molecule has 0 aliphatic heterocycles. The number of rotatable bonds is 5. The van der Waals surface area contributed by atoms with Crippen LogP contribution in [0.15, 0.2) is 18.2 Å². The van der Waals surface area contributed by atoms with E-state index in [0.29, 0.717) is 16.6 Å². The van der Waals surface area contributed by atoms with Crippen LogP contribution in [0.25, 0.3) is 0 Å². The van der Waals surface area contributed by atoms with Crippen molar-refractivity contribution in [2.24, 2.45) is 0 Å². The van der Waals surface area contributed by atoms with E-state index in [1.54, 1.807) is 6.07 Å². The van der Waals surface area contributed by atoms with Crippen molar-refractivity contribution >= 4 is 28.9 Å². The molecule has 1 N–H and O–H groups in total. The van der Waals surface area contributed by atoms with Gasteiger partial charge in [-0.25, -0.2) is 4.39 Å². The van der Waals surface area contributed by atoms with E-state index in [1.165, 1.54) is 18.7 Å². The van der Waals surface area contributed by atoms with Crippen LogP contribution >= 0.6 is 11.6 Å². The molecule has 0 radical (unpaired) electrons. The van der Waals surface area contributed by atoms with Crippen LogP contribution in [0.5, 0.6) is 0 Å². The van der Waals surface area contributed by atoms with Gasteiger partial charge >= 0.3 is 5.97 Å². The van der Waals surface area contributed by atoms with Gasteiger partial charge in [0, 0.05) is 37.1 Å². The lowest BCUT2D eigenvalue weighted by Gasteiger charge is -2.22. The summed E-state index contributed by atoms with van der Waals surface area (Å²) in [5, 5.41) is 3.44. The largest absolute Gasteiger partial charge is 0.469 e. The fourth-order valence-electron chi connectivity index (χ4n) is 3.39. The second-order valence-corrected chi connectivity index (χ2v) is 7.22. The van der Waals surface area contributed by atoms with Crippen LogP contribution in [0.3, 0.4) is 0 Å². The van der Waals surface area contributed by atoms with E-state index in [9.17, 15) is 9.18 Å². The van der Waals surface area contributed by atoms with Crippen molar-refractivity contribution in [3.8, 4) is 0 Å². The number of hydrogen-bond donors (Lipinski definition) is 1. The van der Waals surface area contributed by atoms with Crippen molar-refractivity contribution in [1.29, 1.82) is 0 Å². The SMILES string of the molecule is COC(=O)Cc1c(Nc2c(F)ccc(C)c2Cl)cc(C)c(C(C)C)c1C.[HH].[HH].[HH].[HH].[HH].[HH].[HH].[HH].[HH].[HH].[HH].[HH].[HH].[HH].[HH].[HH].[HH].[HH].[HH].[HH].[HH].[HH]. The van der Waals surface area contributed by atoms with Gasteiger partial charge in [-0.2, -0.15) is 0 Å². The monoisotopic (exact) mass is 422 g/mol. The molecule has 0 saturated heterocycles. The number of methoxy groups -OCH3 is 1. The van der Waals surface area contributed by atoms with E-state index >= 15 is 0 Å². The maximum absolute atomic E-state index is 14.3. The van der Waals surface area contributed by atoms with Gasteiger partial charge in [0.05, 0.1) is 24.2 Å². The minimum atomic E-state index is -0.437. The topological polar surface area (TPSA) is 38.3 Å². The van der Waals surface area contributed by atoms with Crippen LogP contribution in [0.1, 0.15) is 79.0 Å². The van der Waals surface area contributed by atoms with Crippen LogP contribution in [-0.2, 0) is 16.0 Å². The van der Waals surface area contributed by atoms with Gasteiger partial charge in [0.2, 0.25) is 0 Å². The summed E-state index contributed by atoms with van der Waals surface area (Å²) in [6, 6.07) is 4.96. The Morgan fingerprint density at radius 1 is 1.27 bits per heavy atom. The maximum Gasteiger partial charge on any atom is 0.310 e. The summed E-state index contributed by atoms with van der Waals surface area (Å²) in [7, 11) is 1.36. The van der Waals surface area contributed by atoms with Crippen LogP contribution in [0.2, 0.25) is 5.02 Å². The van der Waals surface area contributed by atoms with E-state index < -0.39 is 5.82 Å². The first-order valence-electron chi connectivity index (χ1n) is 8.58. The van der Waals surface area contributed by atoms with Gasteiger partial charge in [0.25, 0.3) is 0 Å². The van der Waals surface area contributed by atoms with E-state index in [1.807, 2.05) is 26.8 Å². The van der Waals surface area contributed by atoms with Crippen LogP contribution in [-0.4, -0.2) is 13.1 Å². The zero-order chi connectivity index (χ0) is 19.6. The molecule has 0 aliphatic rings. The Balaban J connectivity index is -0.0000000174. The van der Waals surface area contributed by atoms with Crippen molar-refractivity contribution < 1.29 is 45.3 Å². The van der Waals surface area contributed by atoms with E-state index in [4.69, 9.17) is 16.3 Å². The molecule has 2 aromatic carbocycles. The molecular weight excluding hydrogens is 353 g/mol. The van der Waals surface area contributed by atoms with Crippen molar-refractivity contribution in [2.45, 2.75) is 47.0 Å². The molecular formula is C21H69ClFNO2. The first-order chi connectivity index (χ1) is 12.2. The van der Waals surface area contributed by atoms with E-state index in [0.717, 1.165) is 22.3 Å². The summed E-state index contributed by atoms with van der Waals surface area (Å²) >= 11 is 6.30. The number of hydrogen-bond acceptors (Lipinski definition) is 3. The molecule has 0 amide bonds. The molecule has 2 aromatic rings. The Hall–Kier alpha value is -2.07. The molecule has 0 aromatic heterocycles. The average molecular weight is 422 g/mol. The van der Waals surface area contributed by atoms with Crippen molar-refractivity contribution in [2.75, 3.05) is 12.4 Å². The normalized spacial score (nSPS) is 11.0. The lowest BCUT2D eigenvalue weighted by molar-refractivity contribution is -0.139. The van der Waals surface area contributed by atoms with Gasteiger partial charge in [-0.3, -0.25) is 4.79 Å². The zero-order valence-corrected chi connectivity index (χ0v) is 16.8. The van der Waals surface area contributed by atoms with Gasteiger partial charge in [0.1, 0.15) is 5.82 Å². The highest BCUT2D eigenvalue weighted by atomic mass is 35.5. The second-order valence-electron chi connectivity index (χ2n) is 6.84. The summed E-state index contributed by atoms with van der Waals surface area (Å²) in [4.78, 5) is 11.9. The number of esters is 1. The third-order valence-corrected chi connectivity index (χ3v) is 5.12. The van der Waals surface area contributed by atoms with Gasteiger partial charge in [-0.1, -0.05) is 31.5 Å². The molecule has 0 fully saturated rings. The van der Waals surface area contributed by atoms with Crippen LogP contribution in [0.4, 0.5) is 15.8 Å². The highest BCUT2D eigenvalue weighted by Crippen LogP contribution is 2.36. The summed E-state index contributed by atoms with van der Waals surface area (Å²) in [6.07, 6.45) is 0.107. The number of anilines is 2. The lowest BCUT2D eigenvalue weighted by Crippen LogP contribution is -2.12. The van der Waals surface area contributed by atoms with E-state index in [2.05, 4.69) is 19.2 Å². The van der Waals surface area contributed by atoms with Gasteiger partial charge in [-0.15, -0.1) is 0 Å². The highest BCUT2D eigenvalue weighted by Gasteiger charge is 2.20. The Labute approximate surface area is 192 Å². The summed E-state index contributed by atoms with van der Waals surface area (Å²) in [5.41, 5.74) is 5.73. The standard InChI is InChI=1S/C21H25ClFNO2.22H2/c1-11(2)19-13(4)9-17(15(14(19)5)10-18(25)26-6)24-21-16(23)8-7-12(3)20(21)22;;;;;;;;;;;;;;;;;;;;;;/h7-9,11,24H,10H2,1-6H3;22*1H. The third kappa shape index (κ3) is 4.01. The van der Waals surface area contributed by atoms with Crippen molar-refractivity contribution in [1.82, 2.24) is 0 Å². The molecule has 0 bridgehead atoms. The fourth-order valence-corrected chi connectivity index (χ4v) is 3.59. The average Bonchev–Trinajstić information content (AvgIpc) is 2.57. The Morgan fingerprint density at radius 3 is 2.50 bits per heavy atom. The smallest absolute Gasteiger partial charge is 0.310 e. The van der Waals surface area contributed by atoms with Crippen molar-refractivity contribution in [3.05, 3.63) is 56.9 Å². The number of aryl methyl sites for hydroxylation is 2. The molecule has 26 heavy (non-hydrogen) atoms. The first-order valence-corrected chi connectivity index (χ1v) is 8.96. The Morgan fingerprint density at radius 2 is 1.92 bits per heavy atom. The minimum Gasteiger partial charge on any atom is -0.469 e. The molecule has 0 saturated carbocycles. The summed E-state index contributed by atoms with van der Waals surface area (Å²) in [6.45, 7) is 10.0. The molecule has 3 nitrogen and oxygen atoms in total.